The van der Waals surface area contributed by atoms with Gasteiger partial charge in [-0.25, -0.2) is 14.8 Å². The van der Waals surface area contributed by atoms with Gasteiger partial charge in [-0.1, -0.05) is 43.7 Å². The molecule has 0 aliphatic carbocycles. The molecule has 0 spiro atoms. The van der Waals surface area contributed by atoms with Crippen LogP contribution in [0.25, 0.3) is 11.4 Å². The first kappa shape index (κ1) is 24.5. The highest BCUT2D eigenvalue weighted by Gasteiger charge is 2.26. The van der Waals surface area contributed by atoms with Crippen molar-refractivity contribution in [3.05, 3.63) is 65.4 Å². The van der Waals surface area contributed by atoms with Crippen LogP contribution in [0.1, 0.15) is 43.5 Å². The number of benzene rings is 2. The molecular formula is C28H35N5O2. The summed E-state index contributed by atoms with van der Waals surface area (Å²) in [6.07, 6.45) is 0. The lowest BCUT2D eigenvalue weighted by Gasteiger charge is -2.37. The first-order valence-electron chi connectivity index (χ1n) is 12.3. The van der Waals surface area contributed by atoms with Gasteiger partial charge in [0.25, 0.3) is 0 Å². The van der Waals surface area contributed by atoms with Gasteiger partial charge in [0.2, 0.25) is 0 Å². The van der Waals surface area contributed by atoms with E-state index in [0.717, 1.165) is 47.4 Å². The second kappa shape index (κ2) is 10.8. The number of anilines is 2. The summed E-state index contributed by atoms with van der Waals surface area (Å²) >= 11 is 0. The van der Waals surface area contributed by atoms with Crippen LogP contribution in [0.2, 0.25) is 0 Å². The molecule has 7 heteroatoms. The van der Waals surface area contributed by atoms with E-state index < -0.39 is 0 Å². The van der Waals surface area contributed by atoms with Crippen molar-refractivity contribution >= 4 is 17.5 Å². The fourth-order valence-corrected chi connectivity index (χ4v) is 4.44. The molecule has 0 radical (unpaired) electrons. The van der Waals surface area contributed by atoms with Gasteiger partial charge < -0.3 is 19.9 Å². The van der Waals surface area contributed by atoms with Gasteiger partial charge in [-0.15, -0.1) is 0 Å². The standard InChI is InChI=1S/C28H35N5O2/c1-6-35-24-13-11-23(12-14-24)30-28(34)33-17-15-32(16-18-33)27-25(19(2)3)21(5)29-26(31-27)22-9-7-20(4)8-10-22/h7-14,19H,6,15-18H2,1-5H3,(H,30,34). The molecule has 2 amide bonds. The van der Waals surface area contributed by atoms with Crippen LogP contribution in [0, 0.1) is 13.8 Å². The second-order valence-corrected chi connectivity index (χ2v) is 9.25. The number of carbonyl (C=O) groups is 1. The maximum atomic E-state index is 12.9. The maximum absolute atomic E-state index is 12.9. The Hall–Kier alpha value is -3.61. The Balaban J connectivity index is 1.47. The van der Waals surface area contributed by atoms with Crippen molar-refractivity contribution in [2.45, 2.75) is 40.5 Å². The van der Waals surface area contributed by atoms with Crippen LogP contribution in [-0.4, -0.2) is 53.7 Å². The molecule has 1 aromatic heterocycles. The molecular weight excluding hydrogens is 438 g/mol. The third-order valence-corrected chi connectivity index (χ3v) is 6.29. The average Bonchev–Trinajstić information content (AvgIpc) is 2.85. The number of amides is 2. The topological polar surface area (TPSA) is 70.6 Å². The molecule has 1 aliphatic heterocycles. The van der Waals surface area contributed by atoms with Crippen molar-refractivity contribution in [1.82, 2.24) is 14.9 Å². The molecule has 0 bridgehead atoms. The largest absolute Gasteiger partial charge is 0.494 e. The molecule has 35 heavy (non-hydrogen) atoms. The fourth-order valence-electron chi connectivity index (χ4n) is 4.44. The summed E-state index contributed by atoms with van der Waals surface area (Å²) in [6, 6.07) is 15.7. The molecule has 2 aromatic carbocycles. The Bertz CT molecular complexity index is 1150. The van der Waals surface area contributed by atoms with Crippen LogP contribution in [0.3, 0.4) is 0 Å². The van der Waals surface area contributed by atoms with E-state index in [9.17, 15) is 4.79 Å². The summed E-state index contributed by atoms with van der Waals surface area (Å²) in [6.45, 7) is 13.8. The maximum Gasteiger partial charge on any atom is 0.321 e. The number of hydrogen-bond donors (Lipinski definition) is 1. The molecule has 3 aromatic rings. The van der Waals surface area contributed by atoms with E-state index in [0.29, 0.717) is 25.6 Å². The normalized spacial score (nSPS) is 13.8. The SMILES string of the molecule is CCOc1ccc(NC(=O)N2CCN(c3nc(-c4ccc(C)cc4)nc(C)c3C(C)C)CC2)cc1. The van der Waals surface area contributed by atoms with Crippen LogP contribution >= 0.6 is 0 Å². The van der Waals surface area contributed by atoms with Crippen LogP contribution in [0.5, 0.6) is 5.75 Å². The Morgan fingerprint density at radius 2 is 1.63 bits per heavy atom. The van der Waals surface area contributed by atoms with Crippen molar-refractivity contribution in [2.24, 2.45) is 0 Å². The predicted octanol–water partition coefficient (Wildman–Crippen LogP) is 5.64. The number of rotatable bonds is 6. The van der Waals surface area contributed by atoms with E-state index in [-0.39, 0.29) is 6.03 Å². The molecule has 1 N–H and O–H groups in total. The summed E-state index contributed by atoms with van der Waals surface area (Å²) in [5.41, 5.74) is 5.18. The number of aromatic nitrogens is 2. The van der Waals surface area contributed by atoms with Gasteiger partial charge in [0.05, 0.1) is 6.61 Å². The van der Waals surface area contributed by atoms with Crippen LogP contribution in [0.4, 0.5) is 16.3 Å². The van der Waals surface area contributed by atoms with E-state index in [2.05, 4.69) is 62.2 Å². The van der Waals surface area contributed by atoms with Crippen LogP contribution < -0.4 is 15.0 Å². The highest BCUT2D eigenvalue weighted by Crippen LogP contribution is 2.31. The van der Waals surface area contributed by atoms with Crippen molar-refractivity contribution in [1.29, 1.82) is 0 Å². The van der Waals surface area contributed by atoms with Gasteiger partial charge in [0, 0.05) is 48.7 Å². The molecule has 7 nitrogen and oxygen atoms in total. The smallest absolute Gasteiger partial charge is 0.321 e. The first-order chi connectivity index (χ1) is 16.9. The minimum Gasteiger partial charge on any atom is -0.494 e. The quantitative estimate of drug-likeness (QED) is 0.502. The minimum absolute atomic E-state index is 0.0860. The highest BCUT2D eigenvalue weighted by atomic mass is 16.5. The molecule has 0 saturated carbocycles. The summed E-state index contributed by atoms with van der Waals surface area (Å²) < 4.78 is 5.47. The zero-order valence-corrected chi connectivity index (χ0v) is 21.3. The van der Waals surface area contributed by atoms with Crippen molar-refractivity contribution in [3.8, 4) is 17.1 Å². The average molecular weight is 474 g/mol. The van der Waals surface area contributed by atoms with E-state index in [1.807, 2.05) is 36.1 Å². The van der Waals surface area contributed by atoms with Crippen molar-refractivity contribution in [3.63, 3.8) is 0 Å². The monoisotopic (exact) mass is 473 g/mol. The van der Waals surface area contributed by atoms with Gasteiger partial charge in [0.1, 0.15) is 11.6 Å². The minimum atomic E-state index is -0.0860. The number of piperazine rings is 1. The van der Waals surface area contributed by atoms with Gasteiger partial charge >= 0.3 is 6.03 Å². The predicted molar refractivity (Wildman–Crippen MR) is 141 cm³/mol. The molecule has 0 atom stereocenters. The Morgan fingerprint density at radius 1 is 0.971 bits per heavy atom. The van der Waals surface area contributed by atoms with Crippen LogP contribution in [-0.2, 0) is 0 Å². The Kier molecular flexibility index (Phi) is 7.54. The third-order valence-electron chi connectivity index (χ3n) is 6.29. The Morgan fingerprint density at radius 3 is 2.23 bits per heavy atom. The molecule has 1 aliphatic rings. The van der Waals surface area contributed by atoms with E-state index in [1.165, 1.54) is 11.1 Å². The van der Waals surface area contributed by atoms with Crippen molar-refractivity contribution < 1.29 is 9.53 Å². The summed E-state index contributed by atoms with van der Waals surface area (Å²) in [4.78, 5) is 26.9. The van der Waals surface area contributed by atoms with Gasteiger partial charge in [-0.05, 0) is 51.0 Å². The zero-order chi connectivity index (χ0) is 24.9. The summed E-state index contributed by atoms with van der Waals surface area (Å²) in [7, 11) is 0. The Labute approximate surface area is 208 Å². The molecule has 0 unspecified atom stereocenters. The number of nitrogens with one attached hydrogen (secondary N) is 1. The molecule has 1 saturated heterocycles. The molecule has 4 rings (SSSR count). The number of hydrogen-bond acceptors (Lipinski definition) is 5. The van der Waals surface area contributed by atoms with Gasteiger partial charge in [-0.2, -0.15) is 0 Å². The number of urea groups is 1. The summed E-state index contributed by atoms with van der Waals surface area (Å²) in [5.74, 6) is 2.83. The van der Waals surface area contributed by atoms with Crippen molar-refractivity contribution in [2.75, 3.05) is 43.0 Å². The highest BCUT2D eigenvalue weighted by molar-refractivity contribution is 5.89. The first-order valence-corrected chi connectivity index (χ1v) is 12.3. The van der Waals surface area contributed by atoms with Crippen LogP contribution in [0.15, 0.2) is 48.5 Å². The van der Waals surface area contributed by atoms with E-state index in [4.69, 9.17) is 14.7 Å². The lowest BCUT2D eigenvalue weighted by molar-refractivity contribution is 0.208. The second-order valence-electron chi connectivity index (χ2n) is 9.25. The lowest BCUT2D eigenvalue weighted by Crippen LogP contribution is -2.50. The number of aryl methyl sites for hydroxylation is 2. The van der Waals surface area contributed by atoms with E-state index >= 15 is 0 Å². The number of ether oxygens (including phenoxy) is 1. The lowest BCUT2D eigenvalue weighted by atomic mass is 10.0. The van der Waals surface area contributed by atoms with Gasteiger partial charge in [0.15, 0.2) is 5.82 Å². The molecule has 1 fully saturated rings. The molecule has 2 heterocycles. The fraction of sp³-hybridized carbons (Fsp3) is 0.393. The third kappa shape index (κ3) is 5.73. The zero-order valence-electron chi connectivity index (χ0n) is 21.3. The van der Waals surface area contributed by atoms with E-state index in [1.54, 1.807) is 0 Å². The summed E-state index contributed by atoms with van der Waals surface area (Å²) in [5, 5.41) is 3.00. The molecule has 184 valence electrons. The number of nitrogens with zero attached hydrogens (tertiary/aromatic N) is 4. The number of carbonyl (C=O) groups excluding carboxylic acids is 1. The van der Waals surface area contributed by atoms with Gasteiger partial charge in [-0.3, -0.25) is 0 Å².